The fourth-order valence-electron chi connectivity index (χ4n) is 1.48. The van der Waals surface area contributed by atoms with E-state index in [1.165, 1.54) is 12.8 Å². The van der Waals surface area contributed by atoms with Crippen LogP contribution in [-0.2, 0) is 4.79 Å². The summed E-state index contributed by atoms with van der Waals surface area (Å²) in [4.78, 5) is 10.3. The largest absolute Gasteiger partial charge is 0.481 e. The molecule has 0 heterocycles. The van der Waals surface area contributed by atoms with Crippen LogP contribution < -0.4 is 0 Å². The van der Waals surface area contributed by atoms with Crippen molar-refractivity contribution in [2.75, 3.05) is 0 Å². The molecule has 0 bridgehead atoms. The molecule has 17 heavy (non-hydrogen) atoms. The van der Waals surface area contributed by atoms with Crippen LogP contribution in [0.15, 0.2) is 36.5 Å². The van der Waals surface area contributed by atoms with E-state index in [-0.39, 0.29) is 0 Å². The van der Waals surface area contributed by atoms with Gasteiger partial charge in [0.1, 0.15) is 0 Å². The molecule has 0 aliphatic heterocycles. The minimum absolute atomic E-state index is 0.315. The average molecular weight is 236 g/mol. The molecule has 0 aliphatic rings. The smallest absolute Gasteiger partial charge is 0.303 e. The first-order valence-corrected chi connectivity index (χ1v) is 6.43. The number of carbonyl (C=O) groups is 1. The molecule has 0 saturated carbocycles. The van der Waals surface area contributed by atoms with E-state index in [1.807, 2.05) is 31.2 Å². The van der Waals surface area contributed by atoms with Crippen molar-refractivity contribution < 1.29 is 9.90 Å². The third-order valence-electron chi connectivity index (χ3n) is 2.42. The Morgan fingerprint density at radius 1 is 0.941 bits per heavy atom. The first-order valence-electron chi connectivity index (χ1n) is 6.43. The number of hydrogen-bond acceptors (Lipinski definition) is 1. The van der Waals surface area contributed by atoms with E-state index < -0.39 is 5.97 Å². The Kier molecular flexibility index (Phi) is 11.8. The molecule has 0 rings (SSSR count). The van der Waals surface area contributed by atoms with Gasteiger partial charge in [-0.25, -0.2) is 0 Å². The molecule has 0 aliphatic carbocycles. The summed E-state index contributed by atoms with van der Waals surface area (Å²) in [6.07, 6.45) is 19.1. The summed E-state index contributed by atoms with van der Waals surface area (Å²) in [6, 6.07) is 0. The van der Waals surface area contributed by atoms with Crippen LogP contribution in [0, 0.1) is 0 Å². The van der Waals surface area contributed by atoms with E-state index in [9.17, 15) is 4.79 Å². The number of aliphatic carboxylic acids is 1. The molecule has 2 heteroatoms. The van der Waals surface area contributed by atoms with Gasteiger partial charge in [-0.15, -0.1) is 0 Å². The van der Waals surface area contributed by atoms with Gasteiger partial charge < -0.3 is 5.11 Å². The van der Waals surface area contributed by atoms with Gasteiger partial charge in [0.25, 0.3) is 0 Å². The Balaban J connectivity index is 3.20. The maximum atomic E-state index is 10.3. The van der Waals surface area contributed by atoms with Crippen molar-refractivity contribution in [1.29, 1.82) is 0 Å². The second-order valence-electron chi connectivity index (χ2n) is 4.04. The zero-order chi connectivity index (χ0) is 12.8. The quantitative estimate of drug-likeness (QED) is 0.448. The molecule has 0 atom stereocenters. The lowest BCUT2D eigenvalue weighted by Crippen LogP contribution is -1.93. The molecule has 0 radical (unpaired) electrons. The van der Waals surface area contributed by atoms with Gasteiger partial charge in [-0.3, -0.25) is 4.79 Å². The number of carboxylic acid groups (broad SMARTS) is 1. The van der Waals surface area contributed by atoms with Crippen molar-refractivity contribution in [2.45, 2.75) is 51.9 Å². The summed E-state index contributed by atoms with van der Waals surface area (Å²) in [7, 11) is 0. The van der Waals surface area contributed by atoms with Gasteiger partial charge in [0, 0.05) is 6.42 Å². The molecule has 1 N–H and O–H groups in total. The molecule has 0 aromatic carbocycles. The molecular formula is C15H24O2. The summed E-state index contributed by atoms with van der Waals surface area (Å²) in [6.45, 7) is 2.00. The van der Waals surface area contributed by atoms with E-state index in [4.69, 9.17) is 5.11 Å². The molecule has 0 saturated heterocycles. The summed E-state index contributed by atoms with van der Waals surface area (Å²) in [5, 5.41) is 8.45. The second kappa shape index (κ2) is 12.8. The average Bonchev–Trinajstić information content (AvgIpc) is 2.30. The lowest BCUT2D eigenvalue weighted by Gasteiger charge is -1.97. The molecular weight excluding hydrogens is 212 g/mol. The van der Waals surface area contributed by atoms with E-state index in [0.29, 0.717) is 6.42 Å². The fraction of sp³-hybridized carbons (Fsp3) is 0.533. The van der Waals surface area contributed by atoms with Crippen LogP contribution in [-0.4, -0.2) is 11.1 Å². The van der Waals surface area contributed by atoms with E-state index in [1.54, 1.807) is 0 Å². The number of rotatable bonds is 10. The molecule has 0 spiro atoms. The SMILES string of the molecule is CC=CC=CC=CCCCCCCCC(=O)O. The number of allylic oxidation sites excluding steroid dienone is 6. The van der Waals surface area contributed by atoms with E-state index >= 15 is 0 Å². The van der Waals surface area contributed by atoms with Crippen molar-refractivity contribution in [2.24, 2.45) is 0 Å². The maximum Gasteiger partial charge on any atom is 0.303 e. The molecule has 0 aromatic rings. The third kappa shape index (κ3) is 14.7. The highest BCUT2D eigenvalue weighted by atomic mass is 16.4. The number of unbranched alkanes of at least 4 members (excludes halogenated alkanes) is 5. The Labute approximate surface area is 105 Å². The zero-order valence-electron chi connectivity index (χ0n) is 10.8. The normalized spacial score (nSPS) is 12.1. The molecule has 96 valence electrons. The predicted octanol–water partition coefficient (Wildman–Crippen LogP) is 4.49. The lowest BCUT2D eigenvalue weighted by atomic mass is 10.1. The summed E-state index contributed by atoms with van der Waals surface area (Å²) >= 11 is 0. The first-order chi connectivity index (χ1) is 8.27. The first kappa shape index (κ1) is 15.7. The molecule has 0 aromatic heterocycles. The topological polar surface area (TPSA) is 37.3 Å². The van der Waals surface area contributed by atoms with Crippen molar-refractivity contribution >= 4 is 5.97 Å². The second-order valence-corrected chi connectivity index (χ2v) is 4.04. The predicted molar refractivity (Wildman–Crippen MR) is 73.0 cm³/mol. The lowest BCUT2D eigenvalue weighted by molar-refractivity contribution is -0.137. The van der Waals surface area contributed by atoms with Crippen LogP contribution in [0.4, 0.5) is 0 Å². The number of hydrogen-bond donors (Lipinski definition) is 1. The van der Waals surface area contributed by atoms with Gasteiger partial charge in [-0.2, -0.15) is 0 Å². The standard InChI is InChI=1S/C15H24O2/c1-2-3-4-5-6-7-8-9-10-11-12-13-14-15(16)17/h2-7H,8-14H2,1H3,(H,16,17). The van der Waals surface area contributed by atoms with Crippen molar-refractivity contribution in [3.8, 4) is 0 Å². The van der Waals surface area contributed by atoms with Crippen LogP contribution >= 0.6 is 0 Å². The van der Waals surface area contributed by atoms with Gasteiger partial charge in [0.05, 0.1) is 0 Å². The Bertz CT molecular complexity index is 262. The summed E-state index contributed by atoms with van der Waals surface area (Å²) in [5.41, 5.74) is 0. The maximum absolute atomic E-state index is 10.3. The van der Waals surface area contributed by atoms with Crippen LogP contribution in [0.1, 0.15) is 51.9 Å². The Hall–Kier alpha value is -1.31. The van der Waals surface area contributed by atoms with E-state index in [0.717, 1.165) is 25.7 Å². The highest BCUT2D eigenvalue weighted by Crippen LogP contribution is 2.07. The van der Waals surface area contributed by atoms with Crippen LogP contribution in [0.5, 0.6) is 0 Å². The van der Waals surface area contributed by atoms with Gasteiger partial charge in [0.15, 0.2) is 0 Å². The third-order valence-corrected chi connectivity index (χ3v) is 2.42. The van der Waals surface area contributed by atoms with Crippen LogP contribution in [0.2, 0.25) is 0 Å². The van der Waals surface area contributed by atoms with Crippen molar-refractivity contribution in [1.82, 2.24) is 0 Å². The van der Waals surface area contributed by atoms with Crippen LogP contribution in [0.3, 0.4) is 0 Å². The zero-order valence-corrected chi connectivity index (χ0v) is 10.8. The minimum atomic E-state index is -0.680. The molecule has 0 amide bonds. The Morgan fingerprint density at radius 2 is 1.59 bits per heavy atom. The van der Waals surface area contributed by atoms with Crippen molar-refractivity contribution in [3.63, 3.8) is 0 Å². The molecule has 2 nitrogen and oxygen atoms in total. The van der Waals surface area contributed by atoms with E-state index in [2.05, 4.69) is 12.2 Å². The van der Waals surface area contributed by atoms with Crippen molar-refractivity contribution in [3.05, 3.63) is 36.5 Å². The molecule has 0 unspecified atom stereocenters. The summed E-state index contributed by atoms with van der Waals surface area (Å²) < 4.78 is 0. The molecule has 0 fully saturated rings. The minimum Gasteiger partial charge on any atom is -0.481 e. The Morgan fingerprint density at radius 3 is 2.29 bits per heavy atom. The van der Waals surface area contributed by atoms with Gasteiger partial charge in [-0.05, 0) is 26.2 Å². The fourth-order valence-corrected chi connectivity index (χ4v) is 1.48. The van der Waals surface area contributed by atoms with Gasteiger partial charge in [-0.1, -0.05) is 55.7 Å². The highest BCUT2D eigenvalue weighted by Gasteiger charge is 1.95. The highest BCUT2D eigenvalue weighted by molar-refractivity contribution is 5.66. The van der Waals surface area contributed by atoms with Gasteiger partial charge >= 0.3 is 5.97 Å². The number of carboxylic acids is 1. The van der Waals surface area contributed by atoms with Crippen LogP contribution in [0.25, 0.3) is 0 Å². The summed E-state index contributed by atoms with van der Waals surface area (Å²) in [5.74, 6) is -0.680. The monoisotopic (exact) mass is 236 g/mol. The van der Waals surface area contributed by atoms with Gasteiger partial charge in [0.2, 0.25) is 0 Å².